The van der Waals surface area contributed by atoms with Crippen LogP contribution < -0.4 is 0 Å². The second-order valence-electron chi connectivity index (χ2n) is 5.66. The molecule has 128 valence electrons. The summed E-state index contributed by atoms with van der Waals surface area (Å²) in [6, 6.07) is 12.7. The highest BCUT2D eigenvalue weighted by atomic mass is 35.5. The average Bonchev–Trinajstić information content (AvgIpc) is 2.57. The average molecular weight is 370 g/mol. The third-order valence-corrected chi connectivity index (χ3v) is 5.96. The fraction of sp³-hybridized carbons (Fsp3) is 0.294. The molecular weight excluding hydrogens is 353 g/mol. The molecule has 0 bridgehead atoms. The van der Waals surface area contributed by atoms with Gasteiger partial charge in [-0.15, -0.1) is 0 Å². The molecule has 0 radical (unpaired) electrons. The summed E-state index contributed by atoms with van der Waals surface area (Å²) in [5.74, 6) is -0.543. The molecule has 1 atom stereocenters. The van der Waals surface area contributed by atoms with Crippen LogP contribution in [0.1, 0.15) is 17.2 Å². The number of morpholine rings is 1. The first-order chi connectivity index (χ1) is 11.4. The third-order valence-electron chi connectivity index (χ3n) is 3.91. The van der Waals surface area contributed by atoms with Gasteiger partial charge in [-0.1, -0.05) is 35.9 Å². The van der Waals surface area contributed by atoms with Crippen molar-refractivity contribution in [2.45, 2.75) is 11.9 Å². The van der Waals surface area contributed by atoms with Gasteiger partial charge in [0.05, 0.1) is 18.5 Å². The van der Waals surface area contributed by atoms with Gasteiger partial charge in [-0.3, -0.25) is 0 Å². The summed E-state index contributed by atoms with van der Waals surface area (Å²) in [4.78, 5) is 0. The molecule has 1 heterocycles. The summed E-state index contributed by atoms with van der Waals surface area (Å²) in [6.07, 6.45) is -0.347. The maximum atomic E-state index is 13.0. The van der Waals surface area contributed by atoms with Crippen molar-refractivity contribution in [3.63, 3.8) is 0 Å². The van der Waals surface area contributed by atoms with Crippen molar-refractivity contribution in [3.8, 4) is 0 Å². The zero-order chi connectivity index (χ0) is 17.2. The maximum Gasteiger partial charge on any atom is 0.218 e. The maximum absolute atomic E-state index is 13.0. The van der Waals surface area contributed by atoms with Crippen molar-refractivity contribution in [1.29, 1.82) is 0 Å². The van der Waals surface area contributed by atoms with Crippen LogP contribution in [0.4, 0.5) is 4.39 Å². The Kier molecular flexibility index (Phi) is 5.20. The van der Waals surface area contributed by atoms with Gasteiger partial charge in [0, 0.05) is 18.1 Å². The van der Waals surface area contributed by atoms with E-state index in [0.29, 0.717) is 23.7 Å². The molecule has 1 saturated heterocycles. The number of sulfonamides is 1. The van der Waals surface area contributed by atoms with E-state index in [4.69, 9.17) is 16.3 Å². The first-order valence-corrected chi connectivity index (χ1v) is 9.52. The normalized spacial score (nSPS) is 19.3. The van der Waals surface area contributed by atoms with Crippen molar-refractivity contribution in [3.05, 3.63) is 70.5 Å². The number of hydrogen-bond donors (Lipinski definition) is 0. The van der Waals surface area contributed by atoms with E-state index in [2.05, 4.69) is 0 Å². The monoisotopic (exact) mass is 369 g/mol. The molecule has 0 spiro atoms. The van der Waals surface area contributed by atoms with Gasteiger partial charge in [-0.05, 0) is 35.4 Å². The zero-order valence-corrected chi connectivity index (χ0v) is 14.4. The summed E-state index contributed by atoms with van der Waals surface area (Å²) in [7, 11) is -3.50. The Morgan fingerprint density at radius 2 is 1.96 bits per heavy atom. The molecule has 4 nitrogen and oxygen atoms in total. The minimum atomic E-state index is -3.50. The molecule has 0 aliphatic carbocycles. The van der Waals surface area contributed by atoms with Crippen LogP contribution in [0.2, 0.25) is 5.02 Å². The molecule has 0 saturated carbocycles. The number of rotatable bonds is 4. The summed E-state index contributed by atoms with van der Waals surface area (Å²) >= 11 is 5.99. The van der Waals surface area contributed by atoms with E-state index in [0.717, 1.165) is 5.56 Å². The van der Waals surface area contributed by atoms with E-state index in [1.807, 2.05) is 12.1 Å². The van der Waals surface area contributed by atoms with E-state index in [1.54, 1.807) is 12.1 Å². The Morgan fingerprint density at radius 1 is 1.21 bits per heavy atom. The Morgan fingerprint density at radius 3 is 2.67 bits per heavy atom. The fourth-order valence-electron chi connectivity index (χ4n) is 2.67. The van der Waals surface area contributed by atoms with Crippen LogP contribution in [0.3, 0.4) is 0 Å². The smallest absolute Gasteiger partial charge is 0.218 e. The summed E-state index contributed by atoms with van der Waals surface area (Å²) in [5, 5.41) is 0.586. The Labute approximate surface area is 145 Å². The van der Waals surface area contributed by atoms with Gasteiger partial charge in [-0.2, -0.15) is 4.31 Å². The predicted octanol–water partition coefficient (Wildman–Crippen LogP) is 3.38. The second kappa shape index (κ2) is 7.19. The quantitative estimate of drug-likeness (QED) is 0.830. The molecule has 7 heteroatoms. The molecule has 1 unspecified atom stereocenters. The minimum Gasteiger partial charge on any atom is -0.371 e. The molecule has 24 heavy (non-hydrogen) atoms. The highest BCUT2D eigenvalue weighted by molar-refractivity contribution is 7.88. The standard InChI is InChI=1S/C17H17ClFNO3S/c18-15-3-1-2-14(10-15)17-11-20(8-9-23-17)24(21,22)12-13-4-6-16(19)7-5-13/h1-7,10,17H,8-9,11-12H2. The predicted molar refractivity (Wildman–Crippen MR) is 90.7 cm³/mol. The lowest BCUT2D eigenvalue weighted by Crippen LogP contribution is -2.42. The molecule has 0 aromatic heterocycles. The van der Waals surface area contributed by atoms with Crippen molar-refractivity contribution in [1.82, 2.24) is 4.31 Å². The molecule has 2 aromatic rings. The van der Waals surface area contributed by atoms with E-state index in [-0.39, 0.29) is 24.2 Å². The number of nitrogens with zero attached hydrogens (tertiary/aromatic N) is 1. The highest BCUT2D eigenvalue weighted by Crippen LogP contribution is 2.26. The van der Waals surface area contributed by atoms with Crippen LogP contribution in [0.5, 0.6) is 0 Å². The number of benzene rings is 2. The summed E-state index contributed by atoms with van der Waals surface area (Å²) < 4.78 is 45.3. The van der Waals surface area contributed by atoms with E-state index >= 15 is 0 Å². The Bertz CT molecular complexity index is 811. The van der Waals surface area contributed by atoms with Crippen molar-refractivity contribution < 1.29 is 17.5 Å². The van der Waals surface area contributed by atoms with E-state index < -0.39 is 10.0 Å². The molecule has 2 aromatic carbocycles. The van der Waals surface area contributed by atoms with Gasteiger partial charge >= 0.3 is 0 Å². The Hall–Kier alpha value is -1.47. The molecule has 1 aliphatic heterocycles. The molecular formula is C17H17ClFNO3S. The molecule has 3 rings (SSSR count). The van der Waals surface area contributed by atoms with Crippen molar-refractivity contribution in [2.24, 2.45) is 0 Å². The molecule has 1 fully saturated rings. The topological polar surface area (TPSA) is 46.6 Å². The highest BCUT2D eigenvalue weighted by Gasteiger charge is 2.30. The van der Waals surface area contributed by atoms with Gasteiger partial charge in [0.25, 0.3) is 0 Å². The first kappa shape index (κ1) is 17.4. The van der Waals surface area contributed by atoms with Crippen LogP contribution in [-0.2, 0) is 20.5 Å². The lowest BCUT2D eigenvalue weighted by Gasteiger charge is -2.32. The van der Waals surface area contributed by atoms with Crippen LogP contribution >= 0.6 is 11.6 Å². The Balaban J connectivity index is 1.74. The molecule has 0 amide bonds. The number of hydrogen-bond acceptors (Lipinski definition) is 3. The molecule has 0 N–H and O–H groups in total. The summed E-state index contributed by atoms with van der Waals surface area (Å²) in [6.45, 7) is 0.865. The van der Waals surface area contributed by atoms with Gasteiger partial charge < -0.3 is 4.74 Å². The van der Waals surface area contributed by atoms with Gasteiger partial charge in [0.15, 0.2) is 0 Å². The lowest BCUT2D eigenvalue weighted by molar-refractivity contribution is -0.00259. The molecule has 1 aliphatic rings. The van der Waals surface area contributed by atoms with Crippen molar-refractivity contribution in [2.75, 3.05) is 19.7 Å². The number of ether oxygens (including phenoxy) is 1. The van der Waals surface area contributed by atoms with Gasteiger partial charge in [0.2, 0.25) is 10.0 Å². The lowest BCUT2D eigenvalue weighted by atomic mass is 10.1. The van der Waals surface area contributed by atoms with Crippen LogP contribution in [0, 0.1) is 5.82 Å². The van der Waals surface area contributed by atoms with Crippen LogP contribution in [0.15, 0.2) is 48.5 Å². The summed E-state index contributed by atoms with van der Waals surface area (Å²) in [5.41, 5.74) is 1.41. The minimum absolute atomic E-state index is 0.157. The third kappa shape index (κ3) is 4.13. The first-order valence-electron chi connectivity index (χ1n) is 7.53. The second-order valence-corrected chi connectivity index (χ2v) is 8.06. The largest absolute Gasteiger partial charge is 0.371 e. The zero-order valence-electron chi connectivity index (χ0n) is 12.9. The fourth-order valence-corrected chi connectivity index (χ4v) is 4.38. The van der Waals surface area contributed by atoms with Gasteiger partial charge in [0.1, 0.15) is 5.82 Å². The number of halogens is 2. The van der Waals surface area contributed by atoms with E-state index in [1.165, 1.54) is 28.6 Å². The van der Waals surface area contributed by atoms with E-state index in [9.17, 15) is 12.8 Å². The van der Waals surface area contributed by atoms with Gasteiger partial charge in [-0.25, -0.2) is 12.8 Å². The van der Waals surface area contributed by atoms with Crippen molar-refractivity contribution >= 4 is 21.6 Å². The van der Waals surface area contributed by atoms with Crippen LogP contribution in [0.25, 0.3) is 0 Å². The van der Waals surface area contributed by atoms with Crippen LogP contribution in [-0.4, -0.2) is 32.4 Å². The SMILES string of the molecule is O=S(=O)(Cc1ccc(F)cc1)N1CCOC(c2cccc(Cl)c2)C1.